The van der Waals surface area contributed by atoms with E-state index in [4.69, 9.17) is 0 Å². The van der Waals surface area contributed by atoms with E-state index in [1.165, 1.54) is 32.6 Å². The van der Waals surface area contributed by atoms with E-state index in [1.54, 1.807) is 11.9 Å². The number of urea groups is 1. The fraction of sp³-hybridized carbons (Fsp3) is 0.833. The van der Waals surface area contributed by atoms with Crippen molar-refractivity contribution in [1.82, 2.24) is 10.2 Å². The Bertz CT molecular complexity index is 217. The Morgan fingerprint density at radius 1 is 1.06 bits per heavy atom. The highest BCUT2D eigenvalue weighted by Crippen LogP contribution is 2.05. The molecular weight excluding hydrogens is 204 g/mol. The molecule has 0 radical (unpaired) electrons. The van der Waals surface area contributed by atoms with Gasteiger partial charge in [0.2, 0.25) is 5.91 Å². The zero-order chi connectivity index (χ0) is 12.4. The van der Waals surface area contributed by atoms with E-state index in [0.29, 0.717) is 6.54 Å². The first-order valence-electron chi connectivity index (χ1n) is 6.10. The molecule has 0 atom stereocenters. The summed E-state index contributed by atoms with van der Waals surface area (Å²) in [6.45, 7) is 4.25. The van der Waals surface area contributed by atoms with Gasteiger partial charge in [0.15, 0.2) is 0 Å². The van der Waals surface area contributed by atoms with Gasteiger partial charge in [0, 0.05) is 20.5 Å². The number of amides is 3. The molecule has 0 aromatic heterocycles. The van der Waals surface area contributed by atoms with Crippen LogP contribution in [-0.2, 0) is 4.79 Å². The third-order valence-corrected chi connectivity index (χ3v) is 2.48. The fourth-order valence-electron chi connectivity index (χ4n) is 1.48. The zero-order valence-corrected chi connectivity index (χ0v) is 10.7. The van der Waals surface area contributed by atoms with E-state index in [1.807, 2.05) is 0 Å². The van der Waals surface area contributed by atoms with Crippen molar-refractivity contribution in [1.29, 1.82) is 0 Å². The number of carbonyl (C=O) groups is 2. The molecule has 0 spiro atoms. The summed E-state index contributed by atoms with van der Waals surface area (Å²) in [5.41, 5.74) is 0. The van der Waals surface area contributed by atoms with Crippen LogP contribution in [0.4, 0.5) is 4.79 Å². The average Bonchev–Trinajstić information content (AvgIpc) is 2.21. The van der Waals surface area contributed by atoms with Crippen LogP contribution >= 0.6 is 0 Å². The summed E-state index contributed by atoms with van der Waals surface area (Å²) < 4.78 is 0. The van der Waals surface area contributed by atoms with Crippen molar-refractivity contribution < 1.29 is 9.59 Å². The summed E-state index contributed by atoms with van der Waals surface area (Å²) in [5.74, 6) is -0.306. The fourth-order valence-corrected chi connectivity index (χ4v) is 1.48. The lowest BCUT2D eigenvalue weighted by Crippen LogP contribution is -2.40. The zero-order valence-electron chi connectivity index (χ0n) is 10.7. The minimum absolute atomic E-state index is 0.305. The SMILES string of the molecule is CCCCCCCCN(C)C(=O)NC(C)=O. The van der Waals surface area contributed by atoms with Gasteiger partial charge in [-0.1, -0.05) is 39.0 Å². The monoisotopic (exact) mass is 228 g/mol. The van der Waals surface area contributed by atoms with Crippen LogP contribution in [0.2, 0.25) is 0 Å². The predicted molar refractivity (Wildman–Crippen MR) is 65.2 cm³/mol. The molecule has 0 fully saturated rings. The van der Waals surface area contributed by atoms with Gasteiger partial charge in [-0.15, -0.1) is 0 Å². The van der Waals surface area contributed by atoms with Gasteiger partial charge >= 0.3 is 6.03 Å². The lowest BCUT2D eigenvalue weighted by atomic mass is 10.1. The van der Waals surface area contributed by atoms with E-state index in [9.17, 15) is 9.59 Å². The van der Waals surface area contributed by atoms with Crippen LogP contribution in [0.25, 0.3) is 0 Å². The molecule has 4 nitrogen and oxygen atoms in total. The van der Waals surface area contributed by atoms with Crippen LogP contribution in [0.1, 0.15) is 52.4 Å². The first-order chi connectivity index (χ1) is 7.57. The molecule has 16 heavy (non-hydrogen) atoms. The summed E-state index contributed by atoms with van der Waals surface area (Å²) in [5, 5.41) is 2.25. The summed E-state index contributed by atoms with van der Waals surface area (Å²) in [6, 6.07) is -0.305. The van der Waals surface area contributed by atoms with Crippen LogP contribution in [0.3, 0.4) is 0 Å². The van der Waals surface area contributed by atoms with Crippen LogP contribution in [0, 0.1) is 0 Å². The second kappa shape index (κ2) is 9.19. The van der Waals surface area contributed by atoms with E-state index in [0.717, 1.165) is 12.8 Å². The maximum absolute atomic E-state index is 11.3. The first-order valence-corrected chi connectivity index (χ1v) is 6.10. The van der Waals surface area contributed by atoms with Crippen molar-refractivity contribution in [3.05, 3.63) is 0 Å². The number of rotatable bonds is 7. The second-order valence-corrected chi connectivity index (χ2v) is 4.18. The number of hydrogen-bond acceptors (Lipinski definition) is 2. The van der Waals surface area contributed by atoms with Crippen LogP contribution in [0.15, 0.2) is 0 Å². The Morgan fingerprint density at radius 3 is 2.19 bits per heavy atom. The molecule has 0 rings (SSSR count). The van der Waals surface area contributed by atoms with Gasteiger partial charge in [-0.25, -0.2) is 4.79 Å². The standard InChI is InChI=1S/C12H24N2O2/c1-4-5-6-7-8-9-10-14(3)12(16)13-11(2)15/h4-10H2,1-3H3,(H,13,15,16). The summed E-state index contributed by atoms with van der Waals surface area (Å²) in [7, 11) is 1.71. The minimum atomic E-state index is -0.306. The van der Waals surface area contributed by atoms with Gasteiger partial charge in [0.1, 0.15) is 0 Å². The summed E-state index contributed by atoms with van der Waals surface area (Å²) >= 11 is 0. The Labute approximate surface area is 98.4 Å². The third-order valence-electron chi connectivity index (χ3n) is 2.48. The van der Waals surface area contributed by atoms with Crippen LogP contribution < -0.4 is 5.32 Å². The highest BCUT2D eigenvalue weighted by Gasteiger charge is 2.08. The van der Waals surface area contributed by atoms with Crippen molar-refractivity contribution in [2.45, 2.75) is 52.4 Å². The largest absolute Gasteiger partial charge is 0.328 e. The maximum Gasteiger partial charge on any atom is 0.323 e. The van der Waals surface area contributed by atoms with Gasteiger partial charge in [0.25, 0.3) is 0 Å². The summed E-state index contributed by atoms with van der Waals surface area (Å²) in [6.07, 6.45) is 7.21. The number of nitrogens with one attached hydrogen (secondary N) is 1. The second-order valence-electron chi connectivity index (χ2n) is 4.18. The van der Waals surface area contributed by atoms with Gasteiger partial charge in [0.05, 0.1) is 0 Å². The molecular formula is C12H24N2O2. The molecule has 0 aromatic rings. The van der Waals surface area contributed by atoms with Gasteiger partial charge in [-0.05, 0) is 6.42 Å². The van der Waals surface area contributed by atoms with Crippen molar-refractivity contribution in [3.8, 4) is 0 Å². The molecule has 4 heteroatoms. The first kappa shape index (κ1) is 14.9. The molecule has 0 heterocycles. The predicted octanol–water partition coefficient (Wildman–Crippen LogP) is 2.53. The highest BCUT2D eigenvalue weighted by molar-refractivity contribution is 5.92. The lowest BCUT2D eigenvalue weighted by Gasteiger charge is -2.16. The van der Waals surface area contributed by atoms with Crippen molar-refractivity contribution in [2.75, 3.05) is 13.6 Å². The van der Waals surface area contributed by atoms with E-state index >= 15 is 0 Å². The maximum atomic E-state index is 11.3. The Morgan fingerprint density at radius 2 is 1.62 bits per heavy atom. The Balaban J connectivity index is 3.46. The highest BCUT2D eigenvalue weighted by atomic mass is 16.2. The molecule has 0 bridgehead atoms. The minimum Gasteiger partial charge on any atom is -0.328 e. The molecule has 0 aliphatic heterocycles. The van der Waals surface area contributed by atoms with Crippen molar-refractivity contribution >= 4 is 11.9 Å². The quantitative estimate of drug-likeness (QED) is 0.681. The average molecular weight is 228 g/mol. The lowest BCUT2D eigenvalue weighted by molar-refractivity contribution is -0.118. The molecule has 0 saturated heterocycles. The molecule has 3 amide bonds. The van der Waals surface area contributed by atoms with Crippen LogP contribution in [0.5, 0.6) is 0 Å². The number of unbranched alkanes of at least 4 members (excludes halogenated alkanes) is 5. The molecule has 0 aliphatic carbocycles. The number of nitrogens with zero attached hydrogens (tertiary/aromatic N) is 1. The van der Waals surface area contributed by atoms with Gasteiger partial charge in [-0.2, -0.15) is 0 Å². The van der Waals surface area contributed by atoms with Crippen LogP contribution in [-0.4, -0.2) is 30.4 Å². The molecule has 0 aromatic carbocycles. The van der Waals surface area contributed by atoms with E-state index < -0.39 is 0 Å². The smallest absolute Gasteiger partial charge is 0.323 e. The number of carbonyl (C=O) groups excluding carboxylic acids is 2. The number of hydrogen-bond donors (Lipinski definition) is 1. The molecule has 1 N–H and O–H groups in total. The molecule has 0 saturated carbocycles. The third kappa shape index (κ3) is 8.26. The molecule has 0 unspecified atom stereocenters. The molecule has 0 aliphatic rings. The normalized spacial score (nSPS) is 9.94. The van der Waals surface area contributed by atoms with E-state index in [2.05, 4.69) is 12.2 Å². The molecule has 94 valence electrons. The van der Waals surface area contributed by atoms with E-state index in [-0.39, 0.29) is 11.9 Å². The topological polar surface area (TPSA) is 49.4 Å². The summed E-state index contributed by atoms with van der Waals surface area (Å²) in [4.78, 5) is 23.5. The Hall–Kier alpha value is -1.06. The van der Waals surface area contributed by atoms with Crippen molar-refractivity contribution in [3.63, 3.8) is 0 Å². The van der Waals surface area contributed by atoms with Gasteiger partial charge in [-0.3, -0.25) is 10.1 Å². The van der Waals surface area contributed by atoms with Crippen molar-refractivity contribution in [2.24, 2.45) is 0 Å². The number of imide groups is 1. The van der Waals surface area contributed by atoms with Gasteiger partial charge < -0.3 is 4.90 Å². The Kier molecular flexibility index (Phi) is 8.58.